The van der Waals surface area contributed by atoms with Crippen LogP contribution >= 0.6 is 11.8 Å². The molecule has 0 amide bonds. The van der Waals surface area contributed by atoms with E-state index in [1.54, 1.807) is 7.11 Å². The van der Waals surface area contributed by atoms with Crippen molar-refractivity contribution in [3.05, 3.63) is 24.3 Å². The zero-order valence-corrected chi connectivity index (χ0v) is 17.6. The van der Waals surface area contributed by atoms with Crippen LogP contribution in [-0.2, 0) is 20.8 Å². The van der Waals surface area contributed by atoms with Crippen LogP contribution in [-0.4, -0.2) is 46.5 Å². The molecule has 0 bridgehead atoms. The Bertz CT molecular complexity index is 793. The Labute approximate surface area is 169 Å². The van der Waals surface area contributed by atoms with Gasteiger partial charge in [0.05, 0.1) is 25.2 Å². The highest BCUT2D eigenvalue weighted by Crippen LogP contribution is 2.28. The topological polar surface area (TPSA) is 75.5 Å². The number of ether oxygens (including phenoxy) is 3. The van der Waals surface area contributed by atoms with Gasteiger partial charge in [0.2, 0.25) is 0 Å². The Morgan fingerprint density at radius 2 is 2.04 bits per heavy atom. The molecule has 2 aromatic rings. The molecule has 1 fully saturated rings. The van der Waals surface area contributed by atoms with Crippen LogP contribution in [0.3, 0.4) is 0 Å². The Morgan fingerprint density at radius 3 is 2.64 bits per heavy atom. The van der Waals surface area contributed by atoms with Crippen molar-refractivity contribution < 1.29 is 19.0 Å². The summed E-state index contributed by atoms with van der Waals surface area (Å²) < 4.78 is 18.5. The second kappa shape index (κ2) is 8.96. The largest absolute Gasteiger partial charge is 0.497 e. The molecule has 1 atom stereocenters. The molecule has 0 aliphatic carbocycles. The van der Waals surface area contributed by atoms with Crippen molar-refractivity contribution in [1.29, 1.82) is 0 Å². The van der Waals surface area contributed by atoms with E-state index in [2.05, 4.69) is 10.2 Å². The van der Waals surface area contributed by atoms with Crippen LogP contribution < -0.4 is 4.74 Å². The fourth-order valence-corrected chi connectivity index (χ4v) is 3.54. The van der Waals surface area contributed by atoms with E-state index in [9.17, 15) is 4.79 Å². The summed E-state index contributed by atoms with van der Waals surface area (Å²) >= 11 is 1.36. The molecule has 8 heteroatoms. The summed E-state index contributed by atoms with van der Waals surface area (Å²) in [5.41, 5.74) is 0.421. The molecule has 1 aliphatic heterocycles. The number of carbonyl (C=O) groups is 1. The smallest absolute Gasteiger partial charge is 0.312 e. The van der Waals surface area contributed by atoms with E-state index in [-0.39, 0.29) is 18.0 Å². The number of nitrogens with zero attached hydrogens (tertiary/aromatic N) is 3. The number of hydrogen-bond acceptors (Lipinski definition) is 7. The van der Waals surface area contributed by atoms with E-state index in [0.717, 1.165) is 36.6 Å². The molecule has 152 valence electrons. The number of rotatable bonds is 7. The Hall–Kier alpha value is -2.06. The number of esters is 1. The average molecular weight is 406 g/mol. The maximum Gasteiger partial charge on any atom is 0.312 e. The third-order valence-corrected chi connectivity index (χ3v) is 5.26. The molecular formula is C20H27N3O4S. The van der Waals surface area contributed by atoms with E-state index < -0.39 is 5.41 Å². The molecule has 0 saturated carbocycles. The van der Waals surface area contributed by atoms with Gasteiger partial charge in [-0.05, 0) is 69.6 Å². The van der Waals surface area contributed by atoms with Gasteiger partial charge in [-0.1, -0.05) is 0 Å². The quantitative estimate of drug-likeness (QED) is 0.394. The lowest BCUT2D eigenvalue weighted by atomic mass is 9.98. The first-order chi connectivity index (χ1) is 13.4. The number of aromatic nitrogens is 3. The van der Waals surface area contributed by atoms with E-state index in [0.29, 0.717) is 11.7 Å². The number of thioether (sulfide) groups is 1. The van der Waals surface area contributed by atoms with Gasteiger partial charge in [0.15, 0.2) is 11.0 Å². The van der Waals surface area contributed by atoms with Crippen molar-refractivity contribution in [2.75, 3.05) is 19.7 Å². The summed E-state index contributed by atoms with van der Waals surface area (Å²) in [5, 5.41) is 9.43. The van der Waals surface area contributed by atoms with Crippen LogP contribution in [0.15, 0.2) is 29.4 Å². The SMILES string of the molecule is COc1ccc(-c2nnc(SCOC(=O)C(C)(C)C)n2C[C@H]2CCCO2)cc1. The van der Waals surface area contributed by atoms with Gasteiger partial charge in [-0.2, -0.15) is 0 Å². The van der Waals surface area contributed by atoms with E-state index in [4.69, 9.17) is 14.2 Å². The first-order valence-electron chi connectivity index (χ1n) is 9.37. The van der Waals surface area contributed by atoms with Crippen molar-refractivity contribution in [2.45, 2.75) is 51.4 Å². The number of methoxy groups -OCH3 is 1. The van der Waals surface area contributed by atoms with E-state index >= 15 is 0 Å². The lowest BCUT2D eigenvalue weighted by molar-refractivity contribution is -0.150. The third-order valence-electron chi connectivity index (χ3n) is 4.47. The number of carbonyl (C=O) groups excluding carboxylic acids is 1. The van der Waals surface area contributed by atoms with Gasteiger partial charge in [-0.25, -0.2) is 0 Å². The predicted molar refractivity (Wildman–Crippen MR) is 107 cm³/mol. The third kappa shape index (κ3) is 5.05. The van der Waals surface area contributed by atoms with Crippen molar-refractivity contribution in [3.8, 4) is 17.1 Å². The highest BCUT2D eigenvalue weighted by Gasteiger charge is 2.25. The fraction of sp³-hybridized carbons (Fsp3) is 0.550. The maximum absolute atomic E-state index is 12.0. The molecule has 7 nitrogen and oxygen atoms in total. The zero-order valence-electron chi connectivity index (χ0n) is 16.8. The number of hydrogen-bond donors (Lipinski definition) is 0. The highest BCUT2D eigenvalue weighted by molar-refractivity contribution is 7.99. The van der Waals surface area contributed by atoms with Crippen LogP contribution in [0, 0.1) is 5.41 Å². The summed E-state index contributed by atoms with van der Waals surface area (Å²) in [6.07, 6.45) is 2.23. The summed E-state index contributed by atoms with van der Waals surface area (Å²) in [6.45, 7) is 6.96. The van der Waals surface area contributed by atoms with E-state index in [1.165, 1.54) is 11.8 Å². The molecule has 3 rings (SSSR count). The first-order valence-corrected chi connectivity index (χ1v) is 10.4. The van der Waals surface area contributed by atoms with Crippen LogP contribution in [0.25, 0.3) is 11.4 Å². The van der Waals surface area contributed by atoms with Crippen molar-refractivity contribution >= 4 is 17.7 Å². The molecule has 1 aromatic heterocycles. The van der Waals surface area contributed by atoms with Crippen LogP contribution in [0.1, 0.15) is 33.6 Å². The molecule has 0 spiro atoms. The first kappa shape index (κ1) is 20.7. The van der Waals surface area contributed by atoms with Gasteiger partial charge in [0.25, 0.3) is 0 Å². The second-order valence-corrected chi connectivity index (χ2v) is 8.61. The molecule has 1 aliphatic rings. The summed E-state index contributed by atoms with van der Waals surface area (Å²) in [5.74, 6) is 1.52. The predicted octanol–water partition coefficient (Wildman–Crippen LogP) is 3.77. The van der Waals surface area contributed by atoms with Gasteiger partial charge in [0, 0.05) is 12.2 Å². The van der Waals surface area contributed by atoms with Crippen molar-refractivity contribution in [1.82, 2.24) is 14.8 Å². The van der Waals surface area contributed by atoms with Crippen molar-refractivity contribution in [3.63, 3.8) is 0 Å². The van der Waals surface area contributed by atoms with Gasteiger partial charge in [0.1, 0.15) is 11.7 Å². The molecule has 1 aromatic carbocycles. The summed E-state index contributed by atoms with van der Waals surface area (Å²) in [7, 11) is 1.64. The van der Waals surface area contributed by atoms with E-state index in [1.807, 2.05) is 49.6 Å². The monoisotopic (exact) mass is 405 g/mol. The average Bonchev–Trinajstić information content (AvgIpc) is 3.32. The van der Waals surface area contributed by atoms with Crippen LogP contribution in [0.5, 0.6) is 5.75 Å². The summed E-state index contributed by atoms with van der Waals surface area (Å²) in [4.78, 5) is 12.0. The minimum Gasteiger partial charge on any atom is -0.497 e. The Morgan fingerprint density at radius 1 is 1.29 bits per heavy atom. The molecule has 0 unspecified atom stereocenters. The standard InChI is InChI=1S/C20H27N3O4S/c1-20(2,3)18(24)27-13-28-19-22-21-17(14-7-9-15(25-4)10-8-14)23(19)12-16-6-5-11-26-16/h7-10,16H,5-6,11-13H2,1-4H3/t16-/m1/s1. The zero-order chi connectivity index (χ0) is 20.1. The minimum absolute atomic E-state index is 0.143. The molecule has 0 radical (unpaired) electrons. The van der Waals surface area contributed by atoms with Crippen molar-refractivity contribution in [2.24, 2.45) is 5.41 Å². The minimum atomic E-state index is -0.528. The lowest BCUT2D eigenvalue weighted by Gasteiger charge is -2.17. The molecule has 1 saturated heterocycles. The van der Waals surface area contributed by atoms with Gasteiger partial charge >= 0.3 is 5.97 Å². The molecule has 2 heterocycles. The molecular weight excluding hydrogens is 378 g/mol. The summed E-state index contributed by atoms with van der Waals surface area (Å²) in [6, 6.07) is 7.72. The van der Waals surface area contributed by atoms with Gasteiger partial charge < -0.3 is 14.2 Å². The van der Waals surface area contributed by atoms with Gasteiger partial charge in [-0.3, -0.25) is 9.36 Å². The Balaban J connectivity index is 1.78. The fourth-order valence-electron chi connectivity index (χ4n) is 2.86. The number of benzene rings is 1. The van der Waals surface area contributed by atoms with Crippen LogP contribution in [0.2, 0.25) is 0 Å². The highest BCUT2D eigenvalue weighted by atomic mass is 32.2. The second-order valence-electron chi connectivity index (χ2n) is 7.72. The molecule has 0 N–H and O–H groups in total. The Kier molecular flexibility index (Phi) is 6.61. The molecule has 28 heavy (non-hydrogen) atoms. The van der Waals surface area contributed by atoms with Crippen LogP contribution in [0.4, 0.5) is 0 Å². The lowest BCUT2D eigenvalue weighted by Crippen LogP contribution is -2.23. The van der Waals surface area contributed by atoms with Gasteiger partial charge in [-0.15, -0.1) is 10.2 Å². The maximum atomic E-state index is 12.0. The normalized spacial score (nSPS) is 16.9.